The van der Waals surface area contributed by atoms with Gasteiger partial charge < -0.3 is 28.7 Å². The van der Waals surface area contributed by atoms with Crippen molar-refractivity contribution in [3.05, 3.63) is 81.4 Å². The Morgan fingerprint density at radius 3 is 1.38 bits per heavy atom. The Balaban J connectivity index is 1.28. The number of hydrogen-bond donors (Lipinski definition) is 0. The third kappa shape index (κ3) is 5.01. The van der Waals surface area contributed by atoms with Crippen LogP contribution >= 0.6 is 22.7 Å². The number of methoxy groups -OCH3 is 2. The molecule has 2 aliphatic rings. The Bertz CT molecular complexity index is 2360. The summed E-state index contributed by atoms with van der Waals surface area (Å²) in [7, 11) is 3.24. The topological polar surface area (TPSA) is 113 Å². The molecule has 4 aromatic heterocycles. The van der Waals surface area contributed by atoms with Crippen molar-refractivity contribution in [1.82, 2.24) is 19.1 Å². The van der Waals surface area contributed by atoms with Crippen LogP contribution in [0.5, 0.6) is 11.5 Å². The van der Waals surface area contributed by atoms with Crippen molar-refractivity contribution >= 4 is 75.2 Å². The second kappa shape index (κ2) is 12.4. The summed E-state index contributed by atoms with van der Waals surface area (Å²) >= 11 is 2.85. The van der Waals surface area contributed by atoms with Gasteiger partial charge in [0.05, 0.1) is 63.1 Å². The molecule has 0 unspecified atom stereocenters. The second-order valence-corrected chi connectivity index (χ2v) is 14.2. The number of fused-ring (bicyclic) bond motifs is 6. The Hall–Kier alpha value is -5.02. The minimum atomic E-state index is -0.133. The van der Waals surface area contributed by atoms with Crippen molar-refractivity contribution in [2.75, 3.05) is 76.6 Å². The van der Waals surface area contributed by atoms with E-state index < -0.39 is 0 Å². The van der Waals surface area contributed by atoms with Gasteiger partial charge in [0.25, 0.3) is 11.1 Å². The number of thiophene rings is 2. The second-order valence-electron chi connectivity index (χ2n) is 12.1. The number of anilines is 2. The molecule has 50 heavy (non-hydrogen) atoms. The zero-order valence-electron chi connectivity index (χ0n) is 27.4. The standard InChI is InChI=1S/C36H32N6O6S2/c1-45-23-7-3-21(4-8-23)41-33(43)31-29(37-35(41)39-11-15-47-16-12-39)25-19-26-28(20-27(25)49-31)50-32-30(26)38-36(40-13-17-48-18-14-40)42(34(32)44)22-5-9-24(46-2)10-6-22/h3-10,19-20H,11-18H2,1-2H3. The van der Waals surface area contributed by atoms with Crippen molar-refractivity contribution in [3.63, 3.8) is 0 Å². The molecule has 2 aliphatic heterocycles. The predicted molar refractivity (Wildman–Crippen MR) is 198 cm³/mol. The summed E-state index contributed by atoms with van der Waals surface area (Å²) in [4.78, 5) is 43.4. The summed E-state index contributed by atoms with van der Waals surface area (Å²) in [5, 5.41) is 1.72. The molecule has 3 aromatic carbocycles. The summed E-state index contributed by atoms with van der Waals surface area (Å²) in [6, 6.07) is 19.0. The molecular formula is C36H32N6O6S2. The lowest BCUT2D eigenvalue weighted by atomic mass is 10.1. The van der Waals surface area contributed by atoms with E-state index >= 15 is 0 Å². The number of hydrogen-bond acceptors (Lipinski definition) is 12. The molecule has 0 saturated carbocycles. The van der Waals surface area contributed by atoms with Crippen LogP contribution in [0.15, 0.2) is 70.3 Å². The molecule has 0 N–H and O–H groups in total. The maximum absolute atomic E-state index is 14.4. The minimum absolute atomic E-state index is 0.133. The Morgan fingerprint density at radius 1 is 0.600 bits per heavy atom. The highest BCUT2D eigenvalue weighted by Crippen LogP contribution is 2.40. The largest absolute Gasteiger partial charge is 0.497 e. The fourth-order valence-electron chi connectivity index (χ4n) is 6.74. The van der Waals surface area contributed by atoms with Crippen LogP contribution in [0.2, 0.25) is 0 Å². The molecule has 6 heterocycles. The number of aromatic nitrogens is 4. The highest BCUT2D eigenvalue weighted by molar-refractivity contribution is 7.27. The van der Waals surface area contributed by atoms with E-state index in [0.717, 1.165) is 20.2 Å². The van der Waals surface area contributed by atoms with Gasteiger partial charge in [0, 0.05) is 46.4 Å². The molecule has 12 nitrogen and oxygen atoms in total. The number of rotatable bonds is 6. The van der Waals surface area contributed by atoms with Gasteiger partial charge in [-0.2, -0.15) is 0 Å². The van der Waals surface area contributed by atoms with Gasteiger partial charge in [0.15, 0.2) is 0 Å². The van der Waals surface area contributed by atoms with Crippen molar-refractivity contribution in [2.45, 2.75) is 0 Å². The highest BCUT2D eigenvalue weighted by atomic mass is 32.1. The lowest BCUT2D eigenvalue weighted by Crippen LogP contribution is -2.40. The van der Waals surface area contributed by atoms with Crippen LogP contribution in [0.25, 0.3) is 52.0 Å². The summed E-state index contributed by atoms with van der Waals surface area (Å²) in [5.74, 6) is 2.56. The van der Waals surface area contributed by atoms with Gasteiger partial charge in [-0.15, -0.1) is 22.7 Å². The smallest absolute Gasteiger partial charge is 0.277 e. The number of nitrogens with zero attached hydrogens (tertiary/aromatic N) is 6. The first-order chi connectivity index (χ1) is 24.5. The van der Waals surface area contributed by atoms with Gasteiger partial charge >= 0.3 is 0 Å². The average molecular weight is 709 g/mol. The molecule has 0 bridgehead atoms. The van der Waals surface area contributed by atoms with E-state index in [9.17, 15) is 9.59 Å². The monoisotopic (exact) mass is 708 g/mol. The van der Waals surface area contributed by atoms with Gasteiger partial charge in [0.1, 0.15) is 20.9 Å². The summed E-state index contributed by atoms with van der Waals surface area (Å²) in [6.07, 6.45) is 0. The Kier molecular flexibility index (Phi) is 7.68. The first-order valence-electron chi connectivity index (χ1n) is 16.3. The van der Waals surface area contributed by atoms with Crippen molar-refractivity contribution in [3.8, 4) is 22.9 Å². The summed E-state index contributed by atoms with van der Waals surface area (Å²) in [5.41, 5.74) is 2.44. The van der Waals surface area contributed by atoms with Crippen LogP contribution in [0.4, 0.5) is 11.9 Å². The molecule has 2 fully saturated rings. The zero-order valence-corrected chi connectivity index (χ0v) is 29.0. The lowest BCUT2D eigenvalue weighted by Gasteiger charge is -2.29. The predicted octanol–water partition coefficient (Wildman–Crippen LogP) is 5.20. The molecule has 7 aromatic rings. The molecule has 0 atom stereocenters. The summed E-state index contributed by atoms with van der Waals surface area (Å²) in [6.45, 7) is 4.66. The van der Waals surface area contributed by atoms with E-state index in [1.165, 1.54) is 22.7 Å². The molecule has 0 radical (unpaired) electrons. The third-order valence-electron chi connectivity index (χ3n) is 9.31. The van der Waals surface area contributed by atoms with Gasteiger partial charge in [-0.1, -0.05) is 0 Å². The molecule has 14 heteroatoms. The van der Waals surface area contributed by atoms with Crippen LogP contribution in [0.3, 0.4) is 0 Å². The Morgan fingerprint density at radius 2 is 1.00 bits per heavy atom. The SMILES string of the molecule is COc1ccc(-n2c(N3CCOCC3)nc3c(sc4cc5sc6c(=O)n(-c7ccc(OC)cc7)c(N7CCOCC7)nc6c5cc43)c2=O)cc1. The van der Waals surface area contributed by atoms with Crippen LogP contribution in [-0.2, 0) is 9.47 Å². The van der Waals surface area contributed by atoms with Crippen LogP contribution in [0, 0.1) is 0 Å². The maximum Gasteiger partial charge on any atom is 0.277 e. The molecule has 0 spiro atoms. The van der Waals surface area contributed by atoms with E-state index in [4.69, 9.17) is 28.9 Å². The van der Waals surface area contributed by atoms with Crippen LogP contribution in [0.1, 0.15) is 0 Å². The molecule has 9 rings (SSSR count). The van der Waals surface area contributed by atoms with Gasteiger partial charge in [-0.25, -0.2) is 19.1 Å². The van der Waals surface area contributed by atoms with Crippen LogP contribution < -0.4 is 30.4 Å². The molecule has 0 aliphatic carbocycles. The number of benzene rings is 3. The van der Waals surface area contributed by atoms with E-state index in [-0.39, 0.29) is 11.1 Å². The van der Waals surface area contributed by atoms with E-state index in [0.29, 0.717) is 108 Å². The molecule has 254 valence electrons. The van der Waals surface area contributed by atoms with Crippen molar-refractivity contribution < 1.29 is 18.9 Å². The number of ether oxygens (including phenoxy) is 4. The average Bonchev–Trinajstić information content (AvgIpc) is 3.72. The van der Waals surface area contributed by atoms with E-state index in [1.54, 1.807) is 23.4 Å². The Labute approximate surface area is 293 Å². The van der Waals surface area contributed by atoms with Gasteiger partial charge in [-0.3, -0.25) is 9.59 Å². The molecule has 2 saturated heterocycles. The quantitative estimate of drug-likeness (QED) is 0.228. The first-order valence-corrected chi connectivity index (χ1v) is 18.0. The minimum Gasteiger partial charge on any atom is -0.497 e. The fourth-order valence-corrected chi connectivity index (χ4v) is 9.00. The molecule has 0 amide bonds. The first kappa shape index (κ1) is 31.0. The number of morpholine rings is 2. The van der Waals surface area contributed by atoms with Gasteiger partial charge in [-0.05, 0) is 60.7 Å². The van der Waals surface area contributed by atoms with Crippen LogP contribution in [-0.4, -0.2) is 85.9 Å². The van der Waals surface area contributed by atoms with Crippen molar-refractivity contribution in [2.24, 2.45) is 0 Å². The third-order valence-corrected chi connectivity index (χ3v) is 11.6. The highest BCUT2D eigenvalue weighted by Gasteiger charge is 2.26. The molecular weight excluding hydrogens is 677 g/mol. The zero-order chi connectivity index (χ0) is 33.9. The summed E-state index contributed by atoms with van der Waals surface area (Å²) < 4.78 is 28.4. The fraction of sp³-hybridized carbons (Fsp3) is 0.278. The van der Waals surface area contributed by atoms with E-state index in [1.807, 2.05) is 48.5 Å². The van der Waals surface area contributed by atoms with E-state index in [2.05, 4.69) is 21.9 Å². The lowest BCUT2D eigenvalue weighted by molar-refractivity contribution is 0.121. The van der Waals surface area contributed by atoms with Crippen molar-refractivity contribution in [1.29, 1.82) is 0 Å². The normalized spacial score (nSPS) is 15.5. The maximum atomic E-state index is 14.4. The van der Waals surface area contributed by atoms with Gasteiger partial charge in [0.2, 0.25) is 11.9 Å².